The molecule has 6 nitrogen and oxygen atoms in total. The molecule has 2 rings (SSSR count). The normalized spacial score (nSPS) is 10.5. The van der Waals surface area contributed by atoms with E-state index < -0.39 is 6.61 Å². The van der Waals surface area contributed by atoms with Gasteiger partial charge in [0.1, 0.15) is 11.8 Å². The molecule has 0 bridgehead atoms. The fourth-order valence-electron chi connectivity index (χ4n) is 2.12. The lowest BCUT2D eigenvalue weighted by Gasteiger charge is -2.12. The molecular weight excluding hydrogens is 318 g/mol. The summed E-state index contributed by atoms with van der Waals surface area (Å²) in [6.45, 7) is -0.517. The number of nitrogens with one attached hydrogen (secondary N) is 2. The Hall–Kier alpha value is -2.95. The molecule has 0 atom stereocenters. The van der Waals surface area contributed by atoms with Gasteiger partial charge in [0.2, 0.25) is 5.91 Å². The van der Waals surface area contributed by atoms with E-state index in [4.69, 9.17) is 0 Å². The first-order valence-electron chi connectivity index (χ1n) is 7.33. The smallest absolute Gasteiger partial charge is 0.387 e. The first-order chi connectivity index (χ1) is 11.5. The Morgan fingerprint density at radius 1 is 1.46 bits per heavy atom. The molecule has 0 radical (unpaired) electrons. The zero-order chi connectivity index (χ0) is 17.5. The molecule has 1 aromatic heterocycles. The number of halogens is 2. The molecule has 0 aliphatic carbocycles. The van der Waals surface area contributed by atoms with Crippen molar-refractivity contribution in [3.8, 4) is 11.8 Å². The quantitative estimate of drug-likeness (QED) is 0.813. The first-order valence-corrected chi connectivity index (χ1v) is 7.33. The Morgan fingerprint density at radius 3 is 2.92 bits per heavy atom. The number of hydrogen-bond donors (Lipinski definition) is 2. The number of ether oxygens (including phenoxy) is 1. The van der Waals surface area contributed by atoms with Gasteiger partial charge in [-0.05, 0) is 24.6 Å². The fourth-order valence-corrected chi connectivity index (χ4v) is 2.12. The standard InChI is InChI=1S/C16H16F2N4O2/c1-2-5-20-14(23)9-22-15-10(7-19)8-21-13-4-3-11(6-12(13)15)24-16(17)18/h3-4,6,8,16H,2,5,9H2,1H3,(H,20,23)(H,21,22). The van der Waals surface area contributed by atoms with Gasteiger partial charge in [-0.2, -0.15) is 14.0 Å². The molecule has 0 spiro atoms. The zero-order valence-electron chi connectivity index (χ0n) is 13.0. The van der Waals surface area contributed by atoms with Crippen LogP contribution < -0.4 is 15.4 Å². The molecule has 126 valence electrons. The molecule has 0 aliphatic heterocycles. The molecule has 0 aliphatic rings. The lowest BCUT2D eigenvalue weighted by atomic mass is 10.1. The number of fused-ring (bicyclic) bond motifs is 1. The number of aromatic nitrogens is 1. The van der Waals surface area contributed by atoms with Crippen molar-refractivity contribution in [2.75, 3.05) is 18.4 Å². The Kier molecular flexibility index (Phi) is 5.84. The van der Waals surface area contributed by atoms with Crippen molar-refractivity contribution in [2.45, 2.75) is 20.0 Å². The van der Waals surface area contributed by atoms with Gasteiger partial charge in [-0.15, -0.1) is 0 Å². The highest BCUT2D eigenvalue weighted by Gasteiger charge is 2.12. The van der Waals surface area contributed by atoms with Gasteiger partial charge < -0.3 is 15.4 Å². The minimum absolute atomic E-state index is 0.0479. The number of amides is 1. The van der Waals surface area contributed by atoms with Gasteiger partial charge in [-0.25, -0.2) is 0 Å². The van der Waals surface area contributed by atoms with Crippen LogP contribution in [0.25, 0.3) is 10.9 Å². The van der Waals surface area contributed by atoms with Gasteiger partial charge >= 0.3 is 6.61 Å². The van der Waals surface area contributed by atoms with Crippen LogP contribution in [0, 0.1) is 11.3 Å². The van der Waals surface area contributed by atoms with E-state index in [-0.39, 0.29) is 23.8 Å². The van der Waals surface area contributed by atoms with Crippen LogP contribution in [0.2, 0.25) is 0 Å². The maximum absolute atomic E-state index is 12.4. The summed E-state index contributed by atoms with van der Waals surface area (Å²) in [5.41, 5.74) is 1.06. The van der Waals surface area contributed by atoms with Crippen molar-refractivity contribution in [3.05, 3.63) is 30.0 Å². The number of benzene rings is 1. The van der Waals surface area contributed by atoms with E-state index in [0.29, 0.717) is 23.1 Å². The molecule has 24 heavy (non-hydrogen) atoms. The number of hydrogen-bond acceptors (Lipinski definition) is 5. The Bertz CT molecular complexity index is 774. The number of anilines is 1. The Balaban J connectivity index is 2.33. The van der Waals surface area contributed by atoms with Crippen LogP contribution in [-0.2, 0) is 4.79 Å². The van der Waals surface area contributed by atoms with Gasteiger partial charge in [-0.3, -0.25) is 9.78 Å². The van der Waals surface area contributed by atoms with E-state index in [1.54, 1.807) is 0 Å². The number of nitriles is 1. The molecule has 1 heterocycles. The largest absolute Gasteiger partial charge is 0.435 e. The molecule has 0 saturated heterocycles. The predicted octanol–water partition coefficient (Wildman–Crippen LogP) is 2.65. The number of alkyl halides is 2. The maximum Gasteiger partial charge on any atom is 0.387 e. The number of carbonyl (C=O) groups is 1. The third-order valence-corrected chi connectivity index (χ3v) is 3.18. The summed E-state index contributed by atoms with van der Waals surface area (Å²) in [6, 6.07) is 6.21. The summed E-state index contributed by atoms with van der Waals surface area (Å²) < 4.78 is 29.1. The highest BCUT2D eigenvalue weighted by Crippen LogP contribution is 2.29. The topological polar surface area (TPSA) is 87.0 Å². The van der Waals surface area contributed by atoms with Crippen molar-refractivity contribution in [1.82, 2.24) is 10.3 Å². The van der Waals surface area contributed by atoms with Crippen molar-refractivity contribution < 1.29 is 18.3 Å². The van der Waals surface area contributed by atoms with Crippen molar-refractivity contribution in [2.24, 2.45) is 0 Å². The van der Waals surface area contributed by atoms with Gasteiger partial charge in [0, 0.05) is 18.1 Å². The van der Waals surface area contributed by atoms with Gasteiger partial charge in [0.05, 0.1) is 23.3 Å². The highest BCUT2D eigenvalue weighted by atomic mass is 19.3. The molecule has 0 fully saturated rings. The van der Waals surface area contributed by atoms with Crippen LogP contribution in [0.4, 0.5) is 14.5 Å². The van der Waals surface area contributed by atoms with Gasteiger partial charge in [-0.1, -0.05) is 6.92 Å². The minimum atomic E-state index is -2.95. The molecule has 8 heteroatoms. The molecular formula is C16H16F2N4O2. The second-order valence-corrected chi connectivity index (χ2v) is 4.92. The van der Waals surface area contributed by atoms with Crippen LogP contribution in [0.5, 0.6) is 5.75 Å². The highest BCUT2D eigenvalue weighted by molar-refractivity contribution is 5.96. The molecule has 2 aromatic rings. The van der Waals surface area contributed by atoms with Gasteiger partial charge in [0.15, 0.2) is 0 Å². The lowest BCUT2D eigenvalue weighted by Crippen LogP contribution is -2.30. The van der Waals surface area contributed by atoms with E-state index in [2.05, 4.69) is 20.4 Å². The summed E-state index contributed by atoms with van der Waals surface area (Å²) in [4.78, 5) is 15.8. The van der Waals surface area contributed by atoms with E-state index in [9.17, 15) is 18.8 Å². The predicted molar refractivity (Wildman–Crippen MR) is 84.9 cm³/mol. The van der Waals surface area contributed by atoms with Crippen LogP contribution >= 0.6 is 0 Å². The molecule has 2 N–H and O–H groups in total. The third-order valence-electron chi connectivity index (χ3n) is 3.18. The first kappa shape index (κ1) is 17.4. The van der Waals surface area contributed by atoms with E-state index in [0.717, 1.165) is 6.42 Å². The van der Waals surface area contributed by atoms with Crippen molar-refractivity contribution >= 4 is 22.5 Å². The summed E-state index contributed by atoms with van der Waals surface area (Å²) >= 11 is 0. The summed E-state index contributed by atoms with van der Waals surface area (Å²) in [5.74, 6) is -0.279. The summed E-state index contributed by atoms with van der Waals surface area (Å²) in [6.07, 6.45) is 2.17. The second kappa shape index (κ2) is 8.06. The molecule has 1 amide bonds. The van der Waals surface area contributed by atoms with Crippen LogP contribution in [0.3, 0.4) is 0 Å². The number of rotatable bonds is 7. The second-order valence-electron chi connectivity index (χ2n) is 4.92. The van der Waals surface area contributed by atoms with Crippen molar-refractivity contribution in [1.29, 1.82) is 5.26 Å². The monoisotopic (exact) mass is 334 g/mol. The SMILES string of the molecule is CCCNC(=O)CNc1c(C#N)cnc2ccc(OC(F)F)cc12. The van der Waals surface area contributed by atoms with E-state index in [1.807, 2.05) is 13.0 Å². The number of nitrogens with zero attached hydrogens (tertiary/aromatic N) is 2. The molecule has 1 aromatic carbocycles. The number of pyridine rings is 1. The Labute approximate surface area is 137 Å². The van der Waals surface area contributed by atoms with Crippen molar-refractivity contribution in [3.63, 3.8) is 0 Å². The maximum atomic E-state index is 12.4. The Morgan fingerprint density at radius 2 is 2.25 bits per heavy atom. The summed E-state index contributed by atoms with van der Waals surface area (Å²) in [5, 5.41) is 15.2. The third kappa shape index (κ3) is 4.29. The molecule has 0 saturated carbocycles. The summed E-state index contributed by atoms with van der Waals surface area (Å²) in [7, 11) is 0. The molecule has 0 unspecified atom stereocenters. The zero-order valence-corrected chi connectivity index (χ0v) is 13.0. The average molecular weight is 334 g/mol. The lowest BCUT2D eigenvalue weighted by molar-refractivity contribution is -0.119. The van der Waals surface area contributed by atoms with Crippen LogP contribution in [0.1, 0.15) is 18.9 Å². The van der Waals surface area contributed by atoms with E-state index >= 15 is 0 Å². The number of carbonyl (C=O) groups excluding carboxylic acids is 1. The van der Waals surface area contributed by atoms with Crippen LogP contribution in [-0.4, -0.2) is 30.6 Å². The minimum Gasteiger partial charge on any atom is -0.435 e. The average Bonchev–Trinajstić information content (AvgIpc) is 2.57. The fraction of sp³-hybridized carbons (Fsp3) is 0.312. The van der Waals surface area contributed by atoms with E-state index in [1.165, 1.54) is 24.4 Å². The van der Waals surface area contributed by atoms with Gasteiger partial charge in [0.25, 0.3) is 0 Å². The van der Waals surface area contributed by atoms with Crippen LogP contribution in [0.15, 0.2) is 24.4 Å².